The summed E-state index contributed by atoms with van der Waals surface area (Å²) >= 11 is 5.85. The number of methoxy groups -OCH3 is 2. The van der Waals surface area contributed by atoms with Gasteiger partial charge in [0.25, 0.3) is 17.7 Å². The molecule has 0 aromatic heterocycles. The van der Waals surface area contributed by atoms with Gasteiger partial charge in [0.2, 0.25) is 5.75 Å². The van der Waals surface area contributed by atoms with E-state index in [0.29, 0.717) is 42.5 Å². The van der Waals surface area contributed by atoms with Gasteiger partial charge in [0, 0.05) is 36.8 Å². The van der Waals surface area contributed by atoms with Gasteiger partial charge in [0.15, 0.2) is 24.7 Å². The molecular weight excluding hydrogens is 466 g/mol. The third kappa shape index (κ3) is 6.22. The zero-order valence-corrected chi connectivity index (χ0v) is 19.7. The molecular formula is C23H26ClN3O7. The number of nitrogens with zero attached hydrogens (tertiary/aromatic N) is 2. The van der Waals surface area contributed by atoms with Crippen molar-refractivity contribution in [2.24, 2.45) is 5.73 Å². The first-order valence-corrected chi connectivity index (χ1v) is 10.8. The van der Waals surface area contributed by atoms with E-state index >= 15 is 0 Å². The van der Waals surface area contributed by atoms with Gasteiger partial charge in [-0.1, -0.05) is 11.6 Å². The molecule has 2 aromatic rings. The number of nitrogens with two attached hydrogens (primary N) is 1. The standard InChI is InChI=1S/C23H26ClN3O7/c1-31-18-11-15(12-19(32-2)22(18)34-13-20(25)28)23(30)27-9-7-26(8-10-27)21(29)14-33-17-5-3-16(24)4-6-17/h3-6,11-12H,7-10,13-14H2,1-2H3,(H2,25,28). The first-order valence-electron chi connectivity index (χ1n) is 10.4. The lowest BCUT2D eigenvalue weighted by Gasteiger charge is -2.34. The van der Waals surface area contributed by atoms with Crippen molar-refractivity contribution in [3.8, 4) is 23.0 Å². The molecule has 0 atom stereocenters. The molecule has 182 valence electrons. The Kier molecular flexibility index (Phi) is 8.42. The van der Waals surface area contributed by atoms with Crippen LogP contribution in [0.15, 0.2) is 36.4 Å². The number of primary amides is 1. The van der Waals surface area contributed by atoms with E-state index in [1.807, 2.05) is 0 Å². The van der Waals surface area contributed by atoms with Gasteiger partial charge in [-0.3, -0.25) is 14.4 Å². The zero-order chi connectivity index (χ0) is 24.7. The van der Waals surface area contributed by atoms with Gasteiger partial charge in [0.1, 0.15) is 5.75 Å². The summed E-state index contributed by atoms with van der Waals surface area (Å²) in [4.78, 5) is 39.9. The van der Waals surface area contributed by atoms with Crippen LogP contribution < -0.4 is 24.7 Å². The number of benzene rings is 2. The Hall–Kier alpha value is -3.66. The molecule has 2 aromatic carbocycles. The van der Waals surface area contributed by atoms with Crippen molar-refractivity contribution in [1.82, 2.24) is 9.80 Å². The predicted octanol–water partition coefficient (Wildman–Crippen LogP) is 1.58. The second kappa shape index (κ2) is 11.5. The fourth-order valence-electron chi connectivity index (χ4n) is 3.40. The van der Waals surface area contributed by atoms with Gasteiger partial charge < -0.3 is 34.5 Å². The van der Waals surface area contributed by atoms with Crippen LogP contribution in [-0.4, -0.2) is 81.1 Å². The fourth-order valence-corrected chi connectivity index (χ4v) is 3.52. The Bertz CT molecular complexity index is 1010. The highest BCUT2D eigenvalue weighted by atomic mass is 35.5. The number of halogens is 1. The molecule has 1 aliphatic heterocycles. The molecule has 0 bridgehead atoms. The van der Waals surface area contributed by atoms with Gasteiger partial charge in [-0.2, -0.15) is 0 Å². The SMILES string of the molecule is COc1cc(C(=O)N2CCN(C(=O)COc3ccc(Cl)cc3)CC2)cc(OC)c1OCC(N)=O. The Labute approximate surface area is 202 Å². The number of ether oxygens (including phenoxy) is 4. The molecule has 0 saturated carbocycles. The van der Waals surface area contributed by atoms with E-state index in [1.165, 1.54) is 26.4 Å². The van der Waals surface area contributed by atoms with Crippen molar-refractivity contribution in [1.29, 1.82) is 0 Å². The van der Waals surface area contributed by atoms with E-state index in [2.05, 4.69) is 0 Å². The summed E-state index contributed by atoms with van der Waals surface area (Å²) in [5.74, 6) is 0.127. The number of hydrogen-bond acceptors (Lipinski definition) is 7. The average Bonchev–Trinajstić information content (AvgIpc) is 2.85. The topological polar surface area (TPSA) is 121 Å². The summed E-state index contributed by atoms with van der Waals surface area (Å²) in [5, 5.41) is 0.586. The summed E-state index contributed by atoms with van der Waals surface area (Å²) in [6.07, 6.45) is 0. The van der Waals surface area contributed by atoms with Gasteiger partial charge in [-0.25, -0.2) is 0 Å². The van der Waals surface area contributed by atoms with Crippen LogP contribution in [0.5, 0.6) is 23.0 Å². The molecule has 1 saturated heterocycles. The molecule has 10 nitrogen and oxygen atoms in total. The number of hydrogen-bond donors (Lipinski definition) is 1. The summed E-state index contributed by atoms with van der Waals surface area (Å²) in [6.45, 7) is 1.01. The number of amides is 3. The largest absolute Gasteiger partial charge is 0.493 e. The van der Waals surface area contributed by atoms with Crippen molar-refractivity contribution < 1.29 is 33.3 Å². The van der Waals surface area contributed by atoms with Crippen LogP contribution in [0.4, 0.5) is 0 Å². The highest BCUT2D eigenvalue weighted by Gasteiger charge is 2.27. The predicted molar refractivity (Wildman–Crippen MR) is 124 cm³/mol. The number of carbonyl (C=O) groups is 3. The summed E-state index contributed by atoms with van der Waals surface area (Å²) < 4.78 is 21.5. The monoisotopic (exact) mass is 491 g/mol. The first kappa shape index (κ1) is 25.0. The molecule has 1 heterocycles. The van der Waals surface area contributed by atoms with Crippen LogP contribution in [-0.2, 0) is 9.59 Å². The Morgan fingerprint density at radius 2 is 1.44 bits per heavy atom. The minimum absolute atomic E-state index is 0.100. The maximum Gasteiger partial charge on any atom is 0.260 e. The lowest BCUT2D eigenvalue weighted by Crippen LogP contribution is -2.51. The smallest absolute Gasteiger partial charge is 0.260 e. The first-order chi connectivity index (χ1) is 16.3. The van der Waals surface area contributed by atoms with Crippen molar-refractivity contribution in [2.75, 3.05) is 53.6 Å². The minimum Gasteiger partial charge on any atom is -0.493 e. The minimum atomic E-state index is -0.657. The van der Waals surface area contributed by atoms with Crippen LogP contribution in [0, 0.1) is 0 Å². The second-order valence-electron chi connectivity index (χ2n) is 7.38. The lowest BCUT2D eigenvalue weighted by atomic mass is 10.1. The highest BCUT2D eigenvalue weighted by molar-refractivity contribution is 6.30. The van der Waals surface area contributed by atoms with E-state index in [0.717, 1.165) is 0 Å². The average molecular weight is 492 g/mol. The van der Waals surface area contributed by atoms with Crippen molar-refractivity contribution in [2.45, 2.75) is 0 Å². The molecule has 0 aliphatic carbocycles. The van der Waals surface area contributed by atoms with Gasteiger partial charge >= 0.3 is 0 Å². The molecule has 0 radical (unpaired) electrons. The summed E-state index contributed by atoms with van der Waals surface area (Å²) in [6, 6.07) is 9.79. The third-order valence-corrected chi connectivity index (χ3v) is 5.41. The van der Waals surface area contributed by atoms with Crippen molar-refractivity contribution >= 4 is 29.3 Å². The quantitative estimate of drug-likeness (QED) is 0.565. The molecule has 2 N–H and O–H groups in total. The maximum atomic E-state index is 13.1. The molecule has 11 heteroatoms. The van der Waals surface area contributed by atoms with Crippen molar-refractivity contribution in [3.63, 3.8) is 0 Å². The molecule has 0 unspecified atom stereocenters. The molecule has 1 aliphatic rings. The Morgan fingerprint density at radius 1 is 0.882 bits per heavy atom. The summed E-state index contributed by atoms with van der Waals surface area (Å²) in [5.41, 5.74) is 5.46. The van der Waals surface area contributed by atoms with Crippen LogP contribution >= 0.6 is 11.6 Å². The Morgan fingerprint density at radius 3 is 1.97 bits per heavy atom. The van der Waals surface area contributed by atoms with Crippen LogP contribution in [0.3, 0.4) is 0 Å². The highest BCUT2D eigenvalue weighted by Crippen LogP contribution is 2.39. The second-order valence-corrected chi connectivity index (χ2v) is 7.82. The van der Waals surface area contributed by atoms with Crippen molar-refractivity contribution in [3.05, 3.63) is 47.0 Å². The molecule has 34 heavy (non-hydrogen) atoms. The van der Waals surface area contributed by atoms with E-state index in [9.17, 15) is 14.4 Å². The van der Waals surface area contributed by atoms with Gasteiger partial charge in [-0.05, 0) is 36.4 Å². The summed E-state index contributed by atoms with van der Waals surface area (Å²) in [7, 11) is 2.83. The van der Waals surface area contributed by atoms with E-state index < -0.39 is 5.91 Å². The van der Waals surface area contributed by atoms with E-state index in [4.69, 9.17) is 36.3 Å². The van der Waals surface area contributed by atoms with Crippen LogP contribution in [0.1, 0.15) is 10.4 Å². The number of piperazine rings is 1. The van der Waals surface area contributed by atoms with Gasteiger partial charge in [0.05, 0.1) is 14.2 Å². The molecule has 1 fully saturated rings. The molecule has 0 spiro atoms. The maximum absolute atomic E-state index is 13.1. The van der Waals surface area contributed by atoms with Gasteiger partial charge in [-0.15, -0.1) is 0 Å². The third-order valence-electron chi connectivity index (χ3n) is 5.16. The van der Waals surface area contributed by atoms with Crippen LogP contribution in [0.2, 0.25) is 5.02 Å². The lowest BCUT2D eigenvalue weighted by molar-refractivity contribution is -0.134. The zero-order valence-electron chi connectivity index (χ0n) is 18.9. The van der Waals surface area contributed by atoms with E-state index in [1.54, 1.807) is 34.1 Å². The Balaban J connectivity index is 1.60. The van der Waals surface area contributed by atoms with Crippen LogP contribution in [0.25, 0.3) is 0 Å². The molecule has 3 amide bonds. The molecule has 3 rings (SSSR count). The number of rotatable bonds is 9. The number of carbonyl (C=O) groups excluding carboxylic acids is 3. The normalized spacial score (nSPS) is 13.3. The van der Waals surface area contributed by atoms with E-state index in [-0.39, 0.29) is 42.3 Å². The fraction of sp³-hybridized carbons (Fsp3) is 0.348.